The summed E-state index contributed by atoms with van der Waals surface area (Å²) < 4.78 is 5.84. The highest BCUT2D eigenvalue weighted by Gasteiger charge is 2.37. The van der Waals surface area contributed by atoms with E-state index in [-0.39, 0.29) is 17.6 Å². The van der Waals surface area contributed by atoms with Crippen molar-refractivity contribution in [2.45, 2.75) is 57.7 Å². The van der Waals surface area contributed by atoms with Crippen molar-refractivity contribution in [2.24, 2.45) is 0 Å². The van der Waals surface area contributed by atoms with Gasteiger partial charge in [-0.3, -0.25) is 10.1 Å². The second kappa shape index (κ2) is 11.4. The van der Waals surface area contributed by atoms with Gasteiger partial charge in [-0.05, 0) is 56.6 Å². The van der Waals surface area contributed by atoms with E-state index in [2.05, 4.69) is 76.1 Å². The van der Waals surface area contributed by atoms with E-state index in [0.29, 0.717) is 0 Å². The van der Waals surface area contributed by atoms with E-state index < -0.39 is 0 Å². The third kappa shape index (κ3) is 5.57. The number of ether oxygens (including phenoxy) is 1. The smallest absolute Gasteiger partial charge is 0.223 e. The molecule has 5 rings (SSSR count). The molecular weight excluding hydrogens is 476 g/mol. The molecule has 0 spiro atoms. The van der Waals surface area contributed by atoms with E-state index in [9.17, 15) is 4.79 Å². The number of nitrogens with one attached hydrogen (secondary N) is 3. The Morgan fingerprint density at radius 1 is 1.13 bits per heavy atom. The quantitative estimate of drug-likeness (QED) is 0.484. The van der Waals surface area contributed by atoms with E-state index in [1.807, 2.05) is 4.90 Å². The molecule has 8 nitrogen and oxygen atoms in total. The lowest BCUT2D eigenvalue weighted by molar-refractivity contribution is -0.116. The molecule has 1 amide bonds. The maximum atomic E-state index is 12.4. The number of rotatable bonds is 8. The summed E-state index contributed by atoms with van der Waals surface area (Å²) >= 11 is 0. The van der Waals surface area contributed by atoms with Crippen molar-refractivity contribution in [1.82, 2.24) is 10.2 Å². The lowest BCUT2D eigenvalue weighted by atomic mass is 9.82. The molecule has 2 aromatic rings. The summed E-state index contributed by atoms with van der Waals surface area (Å²) in [5, 5.41) is 11.4. The summed E-state index contributed by atoms with van der Waals surface area (Å²) in [6, 6.07) is 12.9. The predicted molar refractivity (Wildman–Crippen MR) is 157 cm³/mol. The van der Waals surface area contributed by atoms with Crippen LogP contribution in [0.2, 0.25) is 0 Å². The highest BCUT2D eigenvalue weighted by molar-refractivity contribution is 5.98. The van der Waals surface area contributed by atoms with Crippen molar-refractivity contribution < 1.29 is 9.53 Å². The summed E-state index contributed by atoms with van der Waals surface area (Å²) in [5.41, 5.74) is 5.57. The van der Waals surface area contributed by atoms with Crippen LogP contribution >= 0.6 is 0 Å². The standard InChI is InChI=1S/C30H44N6O2/c1-5-12-30(33-26-8-6-7-23-11-15-36(22(2)37)29(23)26)13-14-31-28(21-30)32-25-10-9-24(20-27(25)38-4)35-18-16-34(3)17-19-35/h6-10,20,28,31-33H,5,11-19,21H2,1-4H3. The van der Waals surface area contributed by atoms with E-state index in [4.69, 9.17) is 4.74 Å². The zero-order valence-electron chi connectivity index (χ0n) is 23.5. The molecule has 0 saturated carbocycles. The van der Waals surface area contributed by atoms with Crippen LogP contribution in [0.5, 0.6) is 5.75 Å². The molecule has 2 saturated heterocycles. The Kier molecular flexibility index (Phi) is 8.00. The van der Waals surface area contributed by atoms with Crippen molar-refractivity contribution in [3.05, 3.63) is 42.0 Å². The lowest BCUT2D eigenvalue weighted by Gasteiger charge is -2.44. The Balaban J connectivity index is 1.34. The second-order valence-electron chi connectivity index (χ2n) is 11.2. The maximum absolute atomic E-state index is 12.4. The average Bonchev–Trinajstić information content (AvgIpc) is 3.36. The zero-order valence-corrected chi connectivity index (χ0v) is 23.5. The third-order valence-corrected chi connectivity index (χ3v) is 8.48. The van der Waals surface area contributed by atoms with Crippen LogP contribution < -0.4 is 30.5 Å². The largest absolute Gasteiger partial charge is 0.495 e. The van der Waals surface area contributed by atoms with Gasteiger partial charge in [0.25, 0.3) is 0 Å². The highest BCUT2D eigenvalue weighted by atomic mass is 16.5. The molecule has 3 aliphatic rings. The van der Waals surface area contributed by atoms with Gasteiger partial charge in [-0.1, -0.05) is 25.5 Å². The molecule has 38 heavy (non-hydrogen) atoms. The average molecular weight is 521 g/mol. The number of carbonyl (C=O) groups excluding carboxylic acids is 1. The van der Waals surface area contributed by atoms with Crippen LogP contribution in [0.25, 0.3) is 0 Å². The number of likely N-dealkylation sites (N-methyl/N-ethyl adjacent to an activating group) is 1. The van der Waals surface area contributed by atoms with Crippen molar-refractivity contribution in [3.8, 4) is 5.75 Å². The van der Waals surface area contributed by atoms with Gasteiger partial charge in [0.2, 0.25) is 5.91 Å². The first-order valence-electron chi connectivity index (χ1n) is 14.2. The summed E-state index contributed by atoms with van der Waals surface area (Å²) in [5.74, 6) is 0.986. The van der Waals surface area contributed by atoms with Gasteiger partial charge < -0.3 is 30.1 Å². The van der Waals surface area contributed by atoms with Crippen LogP contribution in [-0.2, 0) is 11.2 Å². The first kappa shape index (κ1) is 26.6. The Hall–Kier alpha value is -2.97. The fraction of sp³-hybridized carbons (Fsp3) is 0.567. The second-order valence-corrected chi connectivity index (χ2v) is 11.2. The number of amides is 1. The van der Waals surface area contributed by atoms with Gasteiger partial charge in [-0.25, -0.2) is 0 Å². The van der Waals surface area contributed by atoms with Gasteiger partial charge in [0.15, 0.2) is 0 Å². The van der Waals surface area contributed by atoms with Crippen LogP contribution in [0.4, 0.5) is 22.7 Å². The first-order chi connectivity index (χ1) is 18.4. The van der Waals surface area contributed by atoms with Crippen LogP contribution in [0, 0.1) is 0 Å². The van der Waals surface area contributed by atoms with Gasteiger partial charge in [0, 0.05) is 63.4 Å². The highest BCUT2D eigenvalue weighted by Crippen LogP contribution is 2.40. The monoisotopic (exact) mass is 520 g/mol. The molecular formula is C30H44N6O2. The summed E-state index contributed by atoms with van der Waals surface area (Å²) in [7, 11) is 3.93. The third-order valence-electron chi connectivity index (χ3n) is 8.48. The maximum Gasteiger partial charge on any atom is 0.223 e. The van der Waals surface area contributed by atoms with Crippen molar-refractivity contribution in [3.63, 3.8) is 0 Å². The lowest BCUT2D eigenvalue weighted by Crippen LogP contribution is -2.55. The van der Waals surface area contributed by atoms with Gasteiger partial charge in [0.05, 0.1) is 30.3 Å². The number of hydrogen-bond acceptors (Lipinski definition) is 7. The van der Waals surface area contributed by atoms with Crippen LogP contribution in [0.1, 0.15) is 45.1 Å². The Morgan fingerprint density at radius 2 is 1.95 bits per heavy atom. The van der Waals surface area contributed by atoms with Crippen LogP contribution in [0.3, 0.4) is 0 Å². The van der Waals surface area contributed by atoms with Crippen molar-refractivity contribution in [1.29, 1.82) is 0 Å². The fourth-order valence-corrected chi connectivity index (χ4v) is 6.44. The summed E-state index contributed by atoms with van der Waals surface area (Å²) in [6.07, 6.45) is 5.13. The Morgan fingerprint density at radius 3 is 2.68 bits per heavy atom. The minimum absolute atomic E-state index is 0.0646. The molecule has 3 heterocycles. The topological polar surface area (TPSA) is 72.1 Å². The number of carbonyl (C=O) groups is 1. The normalized spacial score (nSPS) is 23.7. The number of piperazine rings is 1. The number of nitrogens with zero attached hydrogens (tertiary/aromatic N) is 3. The fourth-order valence-electron chi connectivity index (χ4n) is 6.44. The molecule has 0 aromatic heterocycles. The molecule has 3 N–H and O–H groups in total. The minimum Gasteiger partial charge on any atom is -0.495 e. The number of piperidine rings is 1. The molecule has 8 heteroatoms. The number of benzene rings is 2. The van der Waals surface area contributed by atoms with Crippen molar-refractivity contribution in [2.75, 3.05) is 73.9 Å². The first-order valence-corrected chi connectivity index (χ1v) is 14.2. The van der Waals surface area contributed by atoms with Crippen LogP contribution in [0.15, 0.2) is 36.4 Å². The predicted octanol–water partition coefficient (Wildman–Crippen LogP) is 4.13. The van der Waals surface area contributed by atoms with E-state index in [0.717, 1.165) is 94.2 Å². The zero-order chi connectivity index (χ0) is 26.7. The molecule has 3 aliphatic heterocycles. The van der Waals surface area contributed by atoms with E-state index in [1.54, 1.807) is 14.0 Å². The van der Waals surface area contributed by atoms with Gasteiger partial charge in [0.1, 0.15) is 5.75 Å². The number of hydrogen-bond donors (Lipinski definition) is 3. The van der Waals surface area contributed by atoms with Crippen molar-refractivity contribution >= 4 is 28.7 Å². The molecule has 206 valence electrons. The summed E-state index contributed by atoms with van der Waals surface area (Å²) in [4.78, 5) is 19.1. The number of fused-ring (bicyclic) bond motifs is 1. The molecule has 0 radical (unpaired) electrons. The Labute approximate surface area is 227 Å². The molecule has 2 aromatic carbocycles. The van der Waals surface area contributed by atoms with Gasteiger partial charge in [-0.15, -0.1) is 0 Å². The van der Waals surface area contributed by atoms with Gasteiger partial charge >= 0.3 is 0 Å². The Bertz CT molecular complexity index is 1130. The van der Waals surface area contributed by atoms with E-state index >= 15 is 0 Å². The van der Waals surface area contributed by atoms with Crippen LogP contribution in [-0.4, -0.2) is 75.9 Å². The minimum atomic E-state index is -0.0646. The van der Waals surface area contributed by atoms with Gasteiger partial charge in [-0.2, -0.15) is 0 Å². The SMILES string of the molecule is CCCC1(Nc2cccc3c2N(C(C)=O)CC3)CCNC(Nc2ccc(N3CCN(C)CC3)cc2OC)C1. The summed E-state index contributed by atoms with van der Waals surface area (Å²) in [6.45, 7) is 9.83. The number of methoxy groups -OCH3 is 1. The van der Waals surface area contributed by atoms with E-state index in [1.165, 1.54) is 11.3 Å². The molecule has 2 unspecified atom stereocenters. The number of anilines is 4. The molecule has 0 aliphatic carbocycles. The molecule has 2 fully saturated rings. The molecule has 2 atom stereocenters. The molecule has 0 bridgehead atoms. The number of para-hydroxylation sites is 1.